The smallest absolute Gasteiger partial charge is 0.255 e. The van der Waals surface area contributed by atoms with Gasteiger partial charge < -0.3 is 10.6 Å². The molecule has 1 aromatic carbocycles. The van der Waals surface area contributed by atoms with Crippen molar-refractivity contribution in [3.05, 3.63) is 28.8 Å². The number of nitrogens with zero attached hydrogens (tertiary/aromatic N) is 1. The van der Waals surface area contributed by atoms with Gasteiger partial charge >= 0.3 is 0 Å². The van der Waals surface area contributed by atoms with Crippen molar-refractivity contribution >= 4 is 35.6 Å². The summed E-state index contributed by atoms with van der Waals surface area (Å²) in [7, 11) is 0. The van der Waals surface area contributed by atoms with Crippen LogP contribution >= 0.6 is 24.0 Å². The minimum absolute atomic E-state index is 0. The molecule has 1 aromatic rings. The van der Waals surface area contributed by atoms with Crippen LogP contribution in [0.3, 0.4) is 0 Å². The monoisotopic (exact) mass is 302 g/mol. The molecule has 0 atom stereocenters. The van der Waals surface area contributed by atoms with Crippen LogP contribution in [0.5, 0.6) is 0 Å². The lowest BCUT2D eigenvalue weighted by atomic mass is 10.1. The van der Waals surface area contributed by atoms with Crippen molar-refractivity contribution in [2.45, 2.75) is 32.1 Å². The molecular formula is C14H20Cl2N2O. The van der Waals surface area contributed by atoms with E-state index < -0.39 is 0 Å². The Labute approximate surface area is 125 Å². The van der Waals surface area contributed by atoms with Gasteiger partial charge in [-0.1, -0.05) is 30.9 Å². The summed E-state index contributed by atoms with van der Waals surface area (Å²) in [5, 5.41) is 0.446. The summed E-state index contributed by atoms with van der Waals surface area (Å²) in [5.41, 5.74) is 6.79. The minimum Gasteiger partial charge on any atom is -0.399 e. The number of rotatable bonds is 1. The van der Waals surface area contributed by atoms with E-state index in [0.717, 1.165) is 25.9 Å². The number of likely N-dealkylation sites (tertiary alicyclic amines) is 1. The van der Waals surface area contributed by atoms with Crippen LogP contribution in [0.1, 0.15) is 42.5 Å². The molecule has 1 heterocycles. The lowest BCUT2D eigenvalue weighted by molar-refractivity contribution is 0.0742. The number of hydrogen-bond donors (Lipinski definition) is 1. The average molecular weight is 303 g/mol. The lowest BCUT2D eigenvalue weighted by Crippen LogP contribution is -2.34. The Bertz CT molecular complexity index is 429. The quantitative estimate of drug-likeness (QED) is 0.803. The van der Waals surface area contributed by atoms with E-state index >= 15 is 0 Å². The van der Waals surface area contributed by atoms with Gasteiger partial charge in [-0.25, -0.2) is 0 Å². The summed E-state index contributed by atoms with van der Waals surface area (Å²) in [5.74, 6) is 0.0295. The average Bonchev–Trinajstić information content (AvgIpc) is 2.27. The molecule has 0 saturated carbocycles. The second-order valence-electron chi connectivity index (χ2n) is 4.80. The van der Waals surface area contributed by atoms with Gasteiger partial charge in [-0.15, -0.1) is 12.4 Å². The highest BCUT2D eigenvalue weighted by Crippen LogP contribution is 2.22. The number of benzene rings is 1. The number of amides is 1. The summed E-state index contributed by atoms with van der Waals surface area (Å²) < 4.78 is 0. The van der Waals surface area contributed by atoms with Gasteiger partial charge in [0.1, 0.15) is 0 Å². The van der Waals surface area contributed by atoms with E-state index in [2.05, 4.69) is 0 Å². The van der Waals surface area contributed by atoms with Gasteiger partial charge in [-0.05, 0) is 31.0 Å². The molecule has 3 nitrogen and oxygen atoms in total. The molecule has 106 valence electrons. The molecule has 1 aliphatic rings. The van der Waals surface area contributed by atoms with Crippen molar-refractivity contribution < 1.29 is 4.79 Å². The van der Waals surface area contributed by atoms with E-state index in [4.69, 9.17) is 17.3 Å². The third-order valence-electron chi connectivity index (χ3n) is 3.37. The standard InChI is InChI=1S/C14H19ClN2O.ClH/c15-13-10-11(16)6-7-12(13)14(18)17-8-4-2-1-3-5-9-17;/h6-7,10H,1-5,8-9,16H2;1H. The third kappa shape index (κ3) is 4.29. The van der Waals surface area contributed by atoms with Gasteiger partial charge in [0.05, 0.1) is 10.6 Å². The molecule has 0 spiro atoms. The van der Waals surface area contributed by atoms with Gasteiger partial charge in [0.25, 0.3) is 5.91 Å². The van der Waals surface area contributed by atoms with Gasteiger partial charge in [-0.2, -0.15) is 0 Å². The topological polar surface area (TPSA) is 46.3 Å². The van der Waals surface area contributed by atoms with Crippen LogP contribution in [0.2, 0.25) is 5.02 Å². The molecule has 2 N–H and O–H groups in total. The Kier molecular flexibility index (Phi) is 6.46. The lowest BCUT2D eigenvalue weighted by Gasteiger charge is -2.25. The first-order chi connectivity index (χ1) is 8.68. The molecule has 5 heteroatoms. The van der Waals surface area contributed by atoms with Crippen molar-refractivity contribution in [2.75, 3.05) is 18.8 Å². The number of carbonyl (C=O) groups excluding carboxylic acids is 1. The Morgan fingerprint density at radius 2 is 1.68 bits per heavy atom. The first-order valence-corrected chi connectivity index (χ1v) is 6.90. The predicted molar refractivity (Wildman–Crippen MR) is 82.1 cm³/mol. The zero-order chi connectivity index (χ0) is 13.0. The number of anilines is 1. The SMILES string of the molecule is Cl.Nc1ccc(C(=O)N2CCCCCCC2)c(Cl)c1. The van der Waals surface area contributed by atoms with Crippen LogP contribution in [-0.2, 0) is 0 Å². The Morgan fingerprint density at radius 3 is 2.26 bits per heavy atom. The Balaban J connectivity index is 0.00000180. The van der Waals surface area contributed by atoms with Crippen LogP contribution in [-0.4, -0.2) is 23.9 Å². The molecule has 1 fully saturated rings. The first kappa shape index (κ1) is 16.1. The summed E-state index contributed by atoms with van der Waals surface area (Å²) in [6, 6.07) is 5.08. The van der Waals surface area contributed by atoms with E-state index in [0.29, 0.717) is 16.3 Å². The summed E-state index contributed by atoms with van der Waals surface area (Å²) >= 11 is 6.09. The van der Waals surface area contributed by atoms with Crippen molar-refractivity contribution in [1.29, 1.82) is 0 Å². The second kappa shape index (κ2) is 7.61. The largest absolute Gasteiger partial charge is 0.399 e. The molecule has 1 amide bonds. The minimum atomic E-state index is 0. The van der Waals surface area contributed by atoms with Crippen LogP contribution in [0.4, 0.5) is 5.69 Å². The summed E-state index contributed by atoms with van der Waals surface area (Å²) in [6.07, 6.45) is 5.86. The highest BCUT2D eigenvalue weighted by atomic mass is 35.5. The fourth-order valence-electron chi connectivity index (χ4n) is 2.33. The normalized spacial score (nSPS) is 16.2. The van der Waals surface area contributed by atoms with Crippen molar-refractivity contribution in [3.8, 4) is 0 Å². The number of halogens is 2. The van der Waals surface area contributed by atoms with Gasteiger partial charge in [0, 0.05) is 18.8 Å². The summed E-state index contributed by atoms with van der Waals surface area (Å²) in [4.78, 5) is 14.3. The maximum atomic E-state index is 12.4. The van der Waals surface area contributed by atoms with Crippen LogP contribution in [0, 0.1) is 0 Å². The molecule has 19 heavy (non-hydrogen) atoms. The molecule has 0 unspecified atom stereocenters. The van der Waals surface area contributed by atoms with E-state index in [1.165, 1.54) is 19.3 Å². The predicted octanol–water partition coefficient (Wildman–Crippen LogP) is 3.75. The first-order valence-electron chi connectivity index (χ1n) is 6.53. The van der Waals surface area contributed by atoms with E-state index in [1.54, 1.807) is 18.2 Å². The number of carbonyl (C=O) groups is 1. The van der Waals surface area contributed by atoms with Gasteiger partial charge in [-0.3, -0.25) is 4.79 Å². The van der Waals surface area contributed by atoms with Crippen LogP contribution in [0.25, 0.3) is 0 Å². The van der Waals surface area contributed by atoms with Crippen molar-refractivity contribution in [2.24, 2.45) is 0 Å². The highest BCUT2D eigenvalue weighted by molar-refractivity contribution is 6.34. The molecule has 1 aliphatic heterocycles. The van der Waals surface area contributed by atoms with Crippen LogP contribution < -0.4 is 5.73 Å². The Hall–Kier alpha value is -0.930. The fraction of sp³-hybridized carbons (Fsp3) is 0.500. The van der Waals surface area contributed by atoms with Gasteiger partial charge in [0.2, 0.25) is 0 Å². The van der Waals surface area contributed by atoms with E-state index in [9.17, 15) is 4.79 Å². The molecule has 1 saturated heterocycles. The molecular weight excluding hydrogens is 283 g/mol. The van der Waals surface area contributed by atoms with E-state index in [1.807, 2.05) is 4.90 Å². The molecule has 0 aliphatic carbocycles. The zero-order valence-electron chi connectivity index (χ0n) is 10.9. The molecule has 0 bridgehead atoms. The number of nitrogen functional groups attached to an aromatic ring is 1. The number of hydrogen-bond acceptors (Lipinski definition) is 2. The van der Waals surface area contributed by atoms with Crippen molar-refractivity contribution in [3.63, 3.8) is 0 Å². The molecule has 2 rings (SSSR count). The maximum absolute atomic E-state index is 12.4. The van der Waals surface area contributed by atoms with E-state index in [-0.39, 0.29) is 18.3 Å². The van der Waals surface area contributed by atoms with Crippen LogP contribution in [0.15, 0.2) is 18.2 Å². The maximum Gasteiger partial charge on any atom is 0.255 e. The number of nitrogens with two attached hydrogens (primary N) is 1. The Morgan fingerprint density at radius 1 is 1.11 bits per heavy atom. The fourth-order valence-corrected chi connectivity index (χ4v) is 2.60. The zero-order valence-corrected chi connectivity index (χ0v) is 12.5. The summed E-state index contributed by atoms with van der Waals surface area (Å²) in [6.45, 7) is 1.67. The second-order valence-corrected chi connectivity index (χ2v) is 5.21. The molecule has 0 radical (unpaired) electrons. The third-order valence-corrected chi connectivity index (χ3v) is 3.68. The molecule has 0 aromatic heterocycles. The van der Waals surface area contributed by atoms with Crippen molar-refractivity contribution in [1.82, 2.24) is 4.90 Å². The van der Waals surface area contributed by atoms with Gasteiger partial charge in [0.15, 0.2) is 0 Å². The highest BCUT2D eigenvalue weighted by Gasteiger charge is 2.18.